The van der Waals surface area contributed by atoms with E-state index in [9.17, 15) is 9.59 Å². The summed E-state index contributed by atoms with van der Waals surface area (Å²) < 4.78 is 5.26. The number of hydrogen-bond donors (Lipinski definition) is 1. The van der Waals surface area contributed by atoms with Crippen LogP contribution in [0.2, 0.25) is 5.02 Å². The lowest BCUT2D eigenvalue weighted by Crippen LogP contribution is -2.32. The number of anilines is 2. The number of amides is 2. The Hall–Kier alpha value is -4.09. The van der Waals surface area contributed by atoms with E-state index in [1.54, 1.807) is 49.6 Å². The molecule has 1 N–H and O–H groups in total. The van der Waals surface area contributed by atoms with Crippen molar-refractivity contribution in [3.8, 4) is 5.75 Å². The average molecular weight is 469 g/mol. The molecule has 0 saturated heterocycles. The number of hydrogen-bond acceptors (Lipinski definition) is 4. The molecule has 0 saturated carbocycles. The maximum Gasteiger partial charge on any atom is 0.282 e. The molecule has 1 heterocycles. The SMILES string of the molecule is COc1ccc(C2=C(Nc3cc(Cl)ccc3C)C(=O)N(c3cccc4ccccc34)C2=O)cc1. The summed E-state index contributed by atoms with van der Waals surface area (Å²) in [5, 5.41) is 5.50. The van der Waals surface area contributed by atoms with Crippen molar-refractivity contribution in [1.29, 1.82) is 0 Å². The van der Waals surface area contributed by atoms with Crippen molar-refractivity contribution >= 4 is 51.1 Å². The second-order valence-corrected chi connectivity index (χ2v) is 8.44. The minimum Gasteiger partial charge on any atom is -0.497 e. The summed E-state index contributed by atoms with van der Waals surface area (Å²) in [6, 6.07) is 25.7. The molecular weight excluding hydrogens is 448 g/mol. The lowest BCUT2D eigenvalue weighted by atomic mass is 10.0. The number of benzene rings is 4. The smallest absolute Gasteiger partial charge is 0.282 e. The minimum absolute atomic E-state index is 0.202. The number of imide groups is 1. The third-order valence-corrected chi connectivity index (χ3v) is 6.16. The van der Waals surface area contributed by atoms with Crippen molar-refractivity contribution in [1.82, 2.24) is 0 Å². The second kappa shape index (κ2) is 8.69. The Labute approximate surface area is 202 Å². The predicted octanol–water partition coefficient (Wildman–Crippen LogP) is 6.21. The number of methoxy groups -OCH3 is 1. The van der Waals surface area contributed by atoms with Crippen LogP contribution in [-0.2, 0) is 9.59 Å². The van der Waals surface area contributed by atoms with Crippen molar-refractivity contribution in [2.24, 2.45) is 0 Å². The molecule has 0 bridgehead atoms. The molecule has 0 spiro atoms. The van der Waals surface area contributed by atoms with Crippen LogP contribution in [0.4, 0.5) is 11.4 Å². The van der Waals surface area contributed by atoms with Crippen LogP contribution in [-0.4, -0.2) is 18.9 Å². The van der Waals surface area contributed by atoms with Gasteiger partial charge >= 0.3 is 0 Å². The maximum absolute atomic E-state index is 13.8. The molecule has 0 unspecified atom stereocenters. The Morgan fingerprint density at radius 1 is 0.853 bits per heavy atom. The number of halogens is 1. The maximum atomic E-state index is 13.8. The second-order valence-electron chi connectivity index (χ2n) is 8.01. The highest BCUT2D eigenvalue weighted by Gasteiger charge is 2.41. The van der Waals surface area contributed by atoms with Crippen LogP contribution in [0.3, 0.4) is 0 Å². The molecular formula is C28H21ClN2O3. The largest absolute Gasteiger partial charge is 0.497 e. The first-order chi connectivity index (χ1) is 16.5. The van der Waals surface area contributed by atoms with Crippen molar-refractivity contribution in [3.05, 3.63) is 107 Å². The van der Waals surface area contributed by atoms with Gasteiger partial charge in [-0.3, -0.25) is 9.59 Å². The molecule has 6 heteroatoms. The van der Waals surface area contributed by atoms with Crippen LogP contribution >= 0.6 is 11.6 Å². The van der Waals surface area contributed by atoms with Crippen LogP contribution in [0.25, 0.3) is 16.3 Å². The van der Waals surface area contributed by atoms with Crippen LogP contribution in [0.1, 0.15) is 11.1 Å². The summed E-state index contributed by atoms with van der Waals surface area (Å²) >= 11 is 6.21. The summed E-state index contributed by atoms with van der Waals surface area (Å²) in [6.45, 7) is 1.91. The van der Waals surface area contributed by atoms with E-state index in [0.717, 1.165) is 16.3 Å². The number of rotatable bonds is 5. The third kappa shape index (κ3) is 3.70. The molecule has 0 aromatic heterocycles. The number of aryl methyl sites for hydroxylation is 1. The first-order valence-corrected chi connectivity index (χ1v) is 11.1. The Balaban J connectivity index is 1.67. The average Bonchev–Trinajstić information content (AvgIpc) is 3.10. The highest BCUT2D eigenvalue weighted by atomic mass is 35.5. The fraction of sp³-hybridized carbons (Fsp3) is 0.0714. The van der Waals surface area contributed by atoms with Gasteiger partial charge in [0.25, 0.3) is 11.8 Å². The van der Waals surface area contributed by atoms with E-state index in [-0.39, 0.29) is 5.70 Å². The zero-order chi connectivity index (χ0) is 23.8. The Morgan fingerprint density at radius 2 is 1.59 bits per heavy atom. The molecule has 0 fully saturated rings. The van der Waals surface area contributed by atoms with Gasteiger partial charge in [0.1, 0.15) is 11.4 Å². The predicted molar refractivity (Wildman–Crippen MR) is 136 cm³/mol. The number of carbonyl (C=O) groups excluding carboxylic acids is 2. The molecule has 4 aromatic rings. The zero-order valence-electron chi connectivity index (χ0n) is 18.6. The number of nitrogens with zero attached hydrogens (tertiary/aromatic N) is 1. The lowest BCUT2D eigenvalue weighted by Gasteiger charge is -2.18. The van der Waals surface area contributed by atoms with Crippen molar-refractivity contribution < 1.29 is 14.3 Å². The van der Waals surface area contributed by atoms with E-state index in [1.807, 2.05) is 49.4 Å². The van der Waals surface area contributed by atoms with Gasteiger partial charge in [-0.15, -0.1) is 0 Å². The molecule has 0 atom stereocenters. The number of ether oxygens (including phenoxy) is 1. The Bertz CT molecular complexity index is 1470. The Morgan fingerprint density at radius 3 is 2.35 bits per heavy atom. The van der Waals surface area contributed by atoms with E-state index in [2.05, 4.69) is 5.32 Å². The fourth-order valence-electron chi connectivity index (χ4n) is 4.16. The zero-order valence-corrected chi connectivity index (χ0v) is 19.4. The van der Waals surface area contributed by atoms with Gasteiger partial charge in [0.2, 0.25) is 0 Å². The van der Waals surface area contributed by atoms with E-state index in [0.29, 0.717) is 33.3 Å². The normalized spacial score (nSPS) is 13.7. The first kappa shape index (κ1) is 21.7. The van der Waals surface area contributed by atoms with Gasteiger partial charge in [0.05, 0.1) is 18.4 Å². The highest BCUT2D eigenvalue weighted by Crippen LogP contribution is 2.37. The van der Waals surface area contributed by atoms with E-state index >= 15 is 0 Å². The monoisotopic (exact) mass is 468 g/mol. The van der Waals surface area contributed by atoms with Gasteiger partial charge in [-0.1, -0.05) is 66.2 Å². The van der Waals surface area contributed by atoms with Crippen molar-refractivity contribution in [2.45, 2.75) is 6.92 Å². The number of carbonyl (C=O) groups is 2. The summed E-state index contributed by atoms with van der Waals surface area (Å²) in [4.78, 5) is 28.9. The van der Waals surface area contributed by atoms with Gasteiger partial charge in [-0.05, 0) is 53.8 Å². The van der Waals surface area contributed by atoms with Gasteiger partial charge in [0, 0.05) is 16.1 Å². The fourth-order valence-corrected chi connectivity index (χ4v) is 4.33. The third-order valence-electron chi connectivity index (χ3n) is 5.93. The molecule has 0 aliphatic carbocycles. The van der Waals surface area contributed by atoms with Gasteiger partial charge in [-0.25, -0.2) is 4.90 Å². The van der Waals surface area contributed by atoms with E-state index < -0.39 is 11.8 Å². The molecule has 1 aliphatic heterocycles. The molecule has 2 amide bonds. The Kier molecular flexibility index (Phi) is 5.56. The summed E-state index contributed by atoms with van der Waals surface area (Å²) in [5.74, 6) is -0.160. The number of nitrogens with one attached hydrogen (secondary N) is 1. The van der Waals surface area contributed by atoms with Crippen LogP contribution < -0.4 is 15.0 Å². The lowest BCUT2D eigenvalue weighted by molar-refractivity contribution is -0.120. The van der Waals surface area contributed by atoms with E-state index in [4.69, 9.17) is 16.3 Å². The molecule has 5 rings (SSSR count). The molecule has 1 aliphatic rings. The molecule has 5 nitrogen and oxygen atoms in total. The number of fused-ring (bicyclic) bond motifs is 1. The van der Waals surface area contributed by atoms with E-state index in [1.165, 1.54) is 4.90 Å². The highest BCUT2D eigenvalue weighted by molar-refractivity contribution is 6.47. The van der Waals surface area contributed by atoms with Crippen molar-refractivity contribution in [2.75, 3.05) is 17.3 Å². The molecule has 34 heavy (non-hydrogen) atoms. The van der Waals surface area contributed by atoms with Gasteiger partial charge in [0.15, 0.2) is 0 Å². The minimum atomic E-state index is -0.424. The molecule has 0 radical (unpaired) electrons. The van der Waals surface area contributed by atoms with Crippen molar-refractivity contribution in [3.63, 3.8) is 0 Å². The summed E-state index contributed by atoms with van der Waals surface area (Å²) in [6.07, 6.45) is 0. The molecule has 168 valence electrons. The summed E-state index contributed by atoms with van der Waals surface area (Å²) in [7, 11) is 1.58. The van der Waals surface area contributed by atoms with Crippen LogP contribution in [0, 0.1) is 6.92 Å². The quantitative estimate of drug-likeness (QED) is 0.354. The van der Waals surface area contributed by atoms with Gasteiger partial charge < -0.3 is 10.1 Å². The van der Waals surface area contributed by atoms with Crippen LogP contribution in [0.15, 0.2) is 90.6 Å². The van der Waals surface area contributed by atoms with Crippen LogP contribution in [0.5, 0.6) is 5.75 Å². The standard InChI is InChI=1S/C28H21ClN2O3/c1-17-10-13-20(29)16-23(17)30-26-25(19-11-14-21(34-2)15-12-19)27(32)31(28(26)33)24-9-5-7-18-6-3-4-8-22(18)24/h3-16,30H,1-2H3. The summed E-state index contributed by atoms with van der Waals surface area (Å²) in [5.41, 5.74) is 3.21. The first-order valence-electron chi connectivity index (χ1n) is 10.8. The topological polar surface area (TPSA) is 58.6 Å². The molecule has 4 aromatic carbocycles. The van der Waals surface area contributed by atoms with Gasteiger partial charge in [-0.2, -0.15) is 0 Å².